The van der Waals surface area contributed by atoms with Crippen LogP contribution in [0.25, 0.3) is 0 Å². The molecule has 0 saturated heterocycles. The van der Waals surface area contributed by atoms with E-state index in [2.05, 4.69) is 73.1 Å². The van der Waals surface area contributed by atoms with Gasteiger partial charge in [0.15, 0.2) is 0 Å². The summed E-state index contributed by atoms with van der Waals surface area (Å²) in [5.74, 6) is 6.68. The van der Waals surface area contributed by atoms with Gasteiger partial charge < -0.3 is 0 Å². The molecule has 0 spiro atoms. The van der Waals surface area contributed by atoms with Crippen LogP contribution < -0.4 is 11.3 Å². The zero-order valence-electron chi connectivity index (χ0n) is 11.2. The number of halogens is 2. The molecule has 20 heavy (non-hydrogen) atoms. The molecule has 3 N–H and O–H groups in total. The van der Waals surface area contributed by atoms with Gasteiger partial charge in [0, 0.05) is 21.0 Å². The van der Waals surface area contributed by atoms with Crippen LogP contribution in [0.5, 0.6) is 0 Å². The van der Waals surface area contributed by atoms with E-state index in [1.165, 1.54) is 3.57 Å². The van der Waals surface area contributed by atoms with Gasteiger partial charge in [-0.1, -0.05) is 22.9 Å². The summed E-state index contributed by atoms with van der Waals surface area (Å²) in [5, 5.41) is 4.25. The molecular weight excluding hydrogens is 433 g/mol. The van der Waals surface area contributed by atoms with Crippen LogP contribution in [-0.4, -0.2) is 14.8 Å². The molecule has 108 valence electrons. The Balaban J connectivity index is 2.24. The molecule has 0 radical (unpaired) electrons. The van der Waals surface area contributed by atoms with E-state index in [0.717, 1.165) is 28.8 Å². The van der Waals surface area contributed by atoms with Gasteiger partial charge in [-0.3, -0.25) is 16.0 Å². The standard InChI is InChI=1S/C13H17BrIN5/c1-2-5-20-13(17-8-18-20)7-12(19-16)10-6-9(15)3-4-11(10)14/h3-4,6,8,12,19H,2,5,7,16H2,1H3. The molecule has 0 bridgehead atoms. The van der Waals surface area contributed by atoms with Crippen molar-refractivity contribution in [3.8, 4) is 0 Å². The highest BCUT2D eigenvalue weighted by Crippen LogP contribution is 2.27. The van der Waals surface area contributed by atoms with E-state index in [4.69, 9.17) is 5.84 Å². The van der Waals surface area contributed by atoms with Crippen molar-refractivity contribution in [2.45, 2.75) is 32.4 Å². The molecule has 7 heteroatoms. The van der Waals surface area contributed by atoms with Gasteiger partial charge in [-0.25, -0.2) is 4.98 Å². The van der Waals surface area contributed by atoms with Crippen molar-refractivity contribution in [1.82, 2.24) is 20.2 Å². The van der Waals surface area contributed by atoms with Crippen molar-refractivity contribution < 1.29 is 0 Å². The van der Waals surface area contributed by atoms with Crippen LogP contribution in [0.15, 0.2) is 29.0 Å². The molecular formula is C13H17BrIN5. The van der Waals surface area contributed by atoms with Gasteiger partial charge in [0.25, 0.3) is 0 Å². The third kappa shape index (κ3) is 3.78. The first-order valence-electron chi connectivity index (χ1n) is 6.43. The normalized spacial score (nSPS) is 12.6. The maximum Gasteiger partial charge on any atom is 0.138 e. The quantitative estimate of drug-likeness (QED) is 0.404. The SMILES string of the molecule is CCCn1ncnc1CC(NN)c1cc(I)ccc1Br. The van der Waals surface area contributed by atoms with E-state index in [1.54, 1.807) is 6.33 Å². The van der Waals surface area contributed by atoms with Crippen LogP contribution in [-0.2, 0) is 13.0 Å². The predicted octanol–water partition coefficient (Wildman–Crippen LogP) is 2.80. The molecule has 0 fully saturated rings. The van der Waals surface area contributed by atoms with Gasteiger partial charge in [-0.05, 0) is 52.8 Å². The van der Waals surface area contributed by atoms with E-state index in [-0.39, 0.29) is 6.04 Å². The fraction of sp³-hybridized carbons (Fsp3) is 0.385. The average Bonchev–Trinajstić information content (AvgIpc) is 2.87. The number of hydrazine groups is 1. The summed E-state index contributed by atoms with van der Waals surface area (Å²) in [6.45, 7) is 3.00. The van der Waals surface area contributed by atoms with E-state index in [1.807, 2.05) is 10.7 Å². The van der Waals surface area contributed by atoms with Crippen molar-refractivity contribution in [2.24, 2.45) is 5.84 Å². The zero-order valence-corrected chi connectivity index (χ0v) is 14.9. The molecule has 2 rings (SSSR count). The highest BCUT2D eigenvalue weighted by atomic mass is 127. The van der Waals surface area contributed by atoms with E-state index in [9.17, 15) is 0 Å². The summed E-state index contributed by atoms with van der Waals surface area (Å²) in [6.07, 6.45) is 3.33. The lowest BCUT2D eigenvalue weighted by Crippen LogP contribution is -2.31. The Morgan fingerprint density at radius 2 is 2.30 bits per heavy atom. The van der Waals surface area contributed by atoms with Gasteiger partial charge in [0.1, 0.15) is 12.2 Å². The highest BCUT2D eigenvalue weighted by Gasteiger charge is 2.17. The third-order valence-corrected chi connectivity index (χ3v) is 4.45. The Morgan fingerprint density at radius 1 is 1.50 bits per heavy atom. The number of aromatic nitrogens is 3. The van der Waals surface area contributed by atoms with Crippen LogP contribution in [0, 0.1) is 3.57 Å². The number of nitrogens with two attached hydrogens (primary N) is 1. The first kappa shape index (κ1) is 15.9. The van der Waals surface area contributed by atoms with Crippen molar-refractivity contribution in [1.29, 1.82) is 0 Å². The minimum atomic E-state index is -0.00102. The average molecular weight is 450 g/mol. The topological polar surface area (TPSA) is 68.8 Å². The minimum Gasteiger partial charge on any atom is -0.271 e. The molecule has 1 aromatic heterocycles. The van der Waals surface area contributed by atoms with Crippen LogP contribution >= 0.6 is 38.5 Å². The lowest BCUT2D eigenvalue weighted by Gasteiger charge is -2.18. The number of hydrogen-bond donors (Lipinski definition) is 2. The van der Waals surface area contributed by atoms with Crippen molar-refractivity contribution in [3.63, 3.8) is 0 Å². The summed E-state index contributed by atoms with van der Waals surface area (Å²) in [6, 6.07) is 6.22. The smallest absolute Gasteiger partial charge is 0.138 e. The Bertz CT molecular complexity index is 572. The molecule has 0 aliphatic rings. The fourth-order valence-corrected chi connectivity index (χ4v) is 3.11. The zero-order chi connectivity index (χ0) is 14.5. The highest BCUT2D eigenvalue weighted by molar-refractivity contribution is 14.1. The van der Waals surface area contributed by atoms with Crippen molar-refractivity contribution in [3.05, 3.63) is 44.0 Å². The second-order valence-corrected chi connectivity index (χ2v) is 6.59. The largest absolute Gasteiger partial charge is 0.271 e. The molecule has 1 heterocycles. The van der Waals surface area contributed by atoms with Gasteiger partial charge in [0.05, 0.1) is 6.04 Å². The monoisotopic (exact) mass is 449 g/mol. The summed E-state index contributed by atoms with van der Waals surface area (Å²) < 4.78 is 4.16. The molecule has 0 aliphatic heterocycles. The molecule has 1 atom stereocenters. The van der Waals surface area contributed by atoms with E-state index < -0.39 is 0 Å². The summed E-state index contributed by atoms with van der Waals surface area (Å²) in [7, 11) is 0. The number of nitrogens with one attached hydrogen (secondary N) is 1. The fourth-order valence-electron chi connectivity index (χ4n) is 2.07. The molecule has 0 aliphatic carbocycles. The first-order chi connectivity index (χ1) is 9.65. The number of aryl methyl sites for hydroxylation is 1. The number of hydrogen-bond acceptors (Lipinski definition) is 4. The second-order valence-electron chi connectivity index (χ2n) is 4.49. The molecule has 0 amide bonds. The van der Waals surface area contributed by atoms with Crippen LogP contribution in [0.3, 0.4) is 0 Å². The molecule has 0 saturated carbocycles. The van der Waals surface area contributed by atoms with Crippen molar-refractivity contribution in [2.75, 3.05) is 0 Å². The van der Waals surface area contributed by atoms with Gasteiger partial charge in [-0.15, -0.1) is 0 Å². The first-order valence-corrected chi connectivity index (χ1v) is 8.30. The van der Waals surface area contributed by atoms with Crippen molar-refractivity contribution >= 4 is 38.5 Å². The Hall–Kier alpha value is -0.510. The number of benzene rings is 1. The predicted molar refractivity (Wildman–Crippen MR) is 90.9 cm³/mol. The number of rotatable bonds is 6. The summed E-state index contributed by atoms with van der Waals surface area (Å²) in [5.41, 5.74) is 4.01. The third-order valence-electron chi connectivity index (χ3n) is 3.05. The minimum absolute atomic E-state index is 0.00102. The van der Waals surface area contributed by atoms with Gasteiger partial charge >= 0.3 is 0 Å². The van der Waals surface area contributed by atoms with Gasteiger partial charge in [0.2, 0.25) is 0 Å². The van der Waals surface area contributed by atoms with E-state index in [0.29, 0.717) is 6.42 Å². The Kier molecular flexibility index (Phi) is 5.94. The molecule has 1 unspecified atom stereocenters. The molecule has 2 aromatic rings. The maximum absolute atomic E-state index is 5.73. The lowest BCUT2D eigenvalue weighted by atomic mass is 10.0. The Morgan fingerprint density at radius 3 is 3.00 bits per heavy atom. The van der Waals surface area contributed by atoms with E-state index >= 15 is 0 Å². The van der Waals surface area contributed by atoms with Gasteiger partial charge in [-0.2, -0.15) is 5.10 Å². The maximum atomic E-state index is 5.73. The summed E-state index contributed by atoms with van der Waals surface area (Å²) >= 11 is 5.88. The number of nitrogens with zero attached hydrogens (tertiary/aromatic N) is 3. The Labute approximate surface area is 140 Å². The molecule has 1 aromatic carbocycles. The van der Waals surface area contributed by atoms with Crippen LogP contribution in [0.2, 0.25) is 0 Å². The molecule has 5 nitrogen and oxygen atoms in total. The lowest BCUT2D eigenvalue weighted by molar-refractivity contribution is 0.498. The van der Waals surface area contributed by atoms with Crippen LogP contribution in [0.4, 0.5) is 0 Å². The van der Waals surface area contributed by atoms with Crippen LogP contribution in [0.1, 0.15) is 30.8 Å². The summed E-state index contributed by atoms with van der Waals surface area (Å²) in [4.78, 5) is 4.34. The second kappa shape index (κ2) is 7.48.